The van der Waals surface area contributed by atoms with Crippen LogP contribution in [0.4, 0.5) is 0 Å². The van der Waals surface area contributed by atoms with Crippen molar-refractivity contribution in [3.05, 3.63) is 34.8 Å². The predicted octanol–water partition coefficient (Wildman–Crippen LogP) is 1.79. The van der Waals surface area contributed by atoms with Crippen molar-refractivity contribution in [2.24, 2.45) is 5.73 Å². The van der Waals surface area contributed by atoms with Crippen LogP contribution in [0.2, 0.25) is 0 Å². The van der Waals surface area contributed by atoms with Crippen molar-refractivity contribution in [3.63, 3.8) is 0 Å². The van der Waals surface area contributed by atoms with Crippen LogP contribution in [0.25, 0.3) is 9.65 Å². The van der Waals surface area contributed by atoms with Gasteiger partial charge in [-0.25, -0.2) is 0 Å². The normalized spacial score (nSPS) is 13.4. The van der Waals surface area contributed by atoms with Crippen LogP contribution in [0.3, 0.4) is 0 Å². The van der Waals surface area contributed by atoms with E-state index in [-0.39, 0.29) is 6.04 Å². The van der Waals surface area contributed by atoms with Crippen molar-refractivity contribution in [2.45, 2.75) is 19.4 Å². The third-order valence-corrected chi connectivity index (χ3v) is 4.23. The molecule has 1 heterocycles. The summed E-state index contributed by atoms with van der Waals surface area (Å²) in [6.45, 7) is 2.06. The first-order valence-corrected chi connectivity index (χ1v) is 6.32. The Hall–Kier alpha value is -0.561. The van der Waals surface area contributed by atoms with Gasteiger partial charge in [0.25, 0.3) is 0 Å². The van der Waals surface area contributed by atoms with Gasteiger partial charge in [-0.2, -0.15) is 0 Å². The molecule has 1 aromatic heterocycles. The quantitative estimate of drug-likeness (QED) is 0.793. The van der Waals surface area contributed by atoms with Crippen LogP contribution >= 0.6 is 0 Å². The molecular weight excluding hydrogens is 225 g/mol. The number of hydrogen-bond donors (Lipinski definition) is 1. The van der Waals surface area contributed by atoms with Crippen LogP contribution in [-0.2, 0) is 6.42 Å². The average Bonchev–Trinajstić information content (AvgIpc) is 2.48. The van der Waals surface area contributed by atoms with E-state index in [1.807, 2.05) is 0 Å². The van der Waals surface area contributed by atoms with Gasteiger partial charge in [-0.05, 0) is 0 Å². The van der Waals surface area contributed by atoms with Gasteiger partial charge in [0, 0.05) is 0 Å². The van der Waals surface area contributed by atoms with E-state index >= 15 is 0 Å². The van der Waals surface area contributed by atoms with Crippen molar-refractivity contribution < 1.29 is 0 Å². The van der Waals surface area contributed by atoms with Crippen LogP contribution in [0.1, 0.15) is 12.5 Å². The Morgan fingerprint density at radius 3 is 2.92 bits per heavy atom. The molecule has 0 amide bonds. The maximum absolute atomic E-state index is 5.80. The summed E-state index contributed by atoms with van der Waals surface area (Å²) in [5, 5.41) is 1.43. The number of hydrogen-bond acceptors (Lipinski definition) is 1. The number of benzene rings is 1. The zero-order chi connectivity index (χ0) is 9.26. The molecule has 0 aliphatic rings. The van der Waals surface area contributed by atoms with Crippen molar-refractivity contribution >= 4 is 24.1 Å². The molecule has 2 heteroatoms. The standard InChI is InChI=1S/C11H13NSe/c1-8(12)6-9-7-13-11-5-3-2-4-10(9)11/h2-5,7-8H,6,12H2,1H3/t8-/m0/s1. The second-order valence-electron chi connectivity index (χ2n) is 3.44. The molecule has 13 heavy (non-hydrogen) atoms. The molecule has 1 atom stereocenters. The molecule has 0 radical (unpaired) electrons. The third-order valence-electron chi connectivity index (χ3n) is 2.10. The van der Waals surface area contributed by atoms with Gasteiger partial charge in [0.05, 0.1) is 0 Å². The Kier molecular flexibility index (Phi) is 2.54. The Bertz CT molecular complexity index is 403. The van der Waals surface area contributed by atoms with Crippen LogP contribution < -0.4 is 5.73 Å². The van der Waals surface area contributed by atoms with E-state index in [0.29, 0.717) is 14.5 Å². The Labute approximate surface area is 84.3 Å². The second kappa shape index (κ2) is 3.67. The monoisotopic (exact) mass is 239 g/mol. The molecule has 0 saturated carbocycles. The topological polar surface area (TPSA) is 26.0 Å². The van der Waals surface area contributed by atoms with Crippen molar-refractivity contribution in [2.75, 3.05) is 0 Å². The predicted molar refractivity (Wildman–Crippen MR) is 58.2 cm³/mol. The molecular formula is C11H13NSe. The van der Waals surface area contributed by atoms with Crippen LogP contribution in [0.15, 0.2) is 29.2 Å². The molecule has 0 fully saturated rings. The van der Waals surface area contributed by atoms with Crippen LogP contribution in [0.5, 0.6) is 0 Å². The zero-order valence-corrected chi connectivity index (χ0v) is 9.37. The molecule has 2 aromatic rings. The summed E-state index contributed by atoms with van der Waals surface area (Å²) in [7, 11) is 0. The van der Waals surface area contributed by atoms with E-state index < -0.39 is 0 Å². The first kappa shape index (κ1) is 9.01. The van der Waals surface area contributed by atoms with Gasteiger partial charge in [-0.15, -0.1) is 0 Å². The Balaban J connectivity index is 2.46. The van der Waals surface area contributed by atoms with E-state index in [1.54, 1.807) is 0 Å². The first-order chi connectivity index (χ1) is 6.27. The van der Waals surface area contributed by atoms with E-state index in [4.69, 9.17) is 5.73 Å². The third kappa shape index (κ3) is 1.86. The number of nitrogens with two attached hydrogens (primary N) is 1. The van der Waals surface area contributed by atoms with Gasteiger partial charge in [0.1, 0.15) is 0 Å². The van der Waals surface area contributed by atoms with E-state index in [9.17, 15) is 0 Å². The van der Waals surface area contributed by atoms with E-state index in [1.165, 1.54) is 15.2 Å². The van der Waals surface area contributed by atoms with Gasteiger partial charge in [0.2, 0.25) is 0 Å². The maximum atomic E-state index is 5.80. The molecule has 0 aliphatic carbocycles. The Morgan fingerprint density at radius 2 is 2.15 bits per heavy atom. The Morgan fingerprint density at radius 1 is 1.38 bits per heavy atom. The van der Waals surface area contributed by atoms with E-state index in [2.05, 4.69) is 36.1 Å². The minimum atomic E-state index is 0.271. The van der Waals surface area contributed by atoms with Gasteiger partial charge in [0.15, 0.2) is 0 Å². The molecule has 1 aromatic carbocycles. The summed E-state index contributed by atoms with van der Waals surface area (Å²) in [5.74, 6) is 0. The van der Waals surface area contributed by atoms with Crippen LogP contribution in [0, 0.1) is 0 Å². The number of fused-ring (bicyclic) bond motifs is 1. The fraction of sp³-hybridized carbons (Fsp3) is 0.273. The summed E-state index contributed by atoms with van der Waals surface area (Å²) in [5.41, 5.74) is 7.25. The van der Waals surface area contributed by atoms with Gasteiger partial charge < -0.3 is 0 Å². The fourth-order valence-corrected chi connectivity index (χ4v) is 3.58. The zero-order valence-electron chi connectivity index (χ0n) is 7.66. The summed E-state index contributed by atoms with van der Waals surface area (Å²) in [4.78, 5) is 2.36. The number of rotatable bonds is 2. The molecule has 1 nitrogen and oxygen atoms in total. The summed E-state index contributed by atoms with van der Waals surface area (Å²) < 4.78 is 1.51. The molecule has 2 rings (SSSR count). The second-order valence-corrected chi connectivity index (χ2v) is 5.35. The van der Waals surface area contributed by atoms with Crippen molar-refractivity contribution in [1.29, 1.82) is 0 Å². The fourth-order valence-electron chi connectivity index (χ4n) is 1.54. The van der Waals surface area contributed by atoms with Gasteiger partial charge in [-0.3, -0.25) is 0 Å². The summed E-state index contributed by atoms with van der Waals surface area (Å²) in [6.07, 6.45) is 1.01. The van der Waals surface area contributed by atoms with Gasteiger partial charge in [-0.1, -0.05) is 0 Å². The first-order valence-electron chi connectivity index (χ1n) is 4.48. The van der Waals surface area contributed by atoms with Gasteiger partial charge >= 0.3 is 84.0 Å². The molecule has 0 unspecified atom stereocenters. The molecule has 0 spiro atoms. The molecule has 68 valence electrons. The summed E-state index contributed by atoms with van der Waals surface area (Å²) in [6, 6.07) is 8.92. The molecule has 0 bridgehead atoms. The summed E-state index contributed by atoms with van der Waals surface area (Å²) >= 11 is 0.542. The molecule has 0 saturated heterocycles. The van der Waals surface area contributed by atoms with Crippen molar-refractivity contribution in [1.82, 2.24) is 0 Å². The average molecular weight is 238 g/mol. The SMILES string of the molecule is C[C@H](N)Cc1c[se]c2ccccc12. The van der Waals surface area contributed by atoms with Crippen LogP contribution in [-0.4, -0.2) is 20.5 Å². The minimum absolute atomic E-state index is 0.271. The molecule has 0 aliphatic heterocycles. The van der Waals surface area contributed by atoms with Crippen molar-refractivity contribution in [3.8, 4) is 0 Å². The van der Waals surface area contributed by atoms with E-state index in [0.717, 1.165) is 6.42 Å². The molecule has 2 N–H and O–H groups in total.